The molecule has 2 atom stereocenters. The minimum absolute atomic E-state index is 0.259. The fourth-order valence-corrected chi connectivity index (χ4v) is 4.87. The molecule has 0 amide bonds. The molecule has 0 radical (unpaired) electrons. The van der Waals surface area contributed by atoms with Gasteiger partial charge in [0, 0.05) is 32.4 Å². The van der Waals surface area contributed by atoms with Crippen molar-refractivity contribution in [1.29, 1.82) is 0 Å². The van der Waals surface area contributed by atoms with E-state index in [1.165, 1.54) is 22.4 Å². The lowest BCUT2D eigenvalue weighted by molar-refractivity contribution is -0.0401. The monoisotopic (exact) mass is 442 g/mol. The number of allylic oxidation sites excluding steroid dienone is 3. The lowest BCUT2D eigenvalue weighted by Gasteiger charge is -2.47. The molecule has 0 bridgehead atoms. The Balaban J connectivity index is 2.36. The predicted molar refractivity (Wildman–Crippen MR) is 139 cm³/mol. The standard InChI is InChI=1S/C26H42N4S/c1-10-12-23(11-2)30-16-15-29(28(9)19-31-22(6)27(7)8)18-26(30)25-17-21(5)13-14-24(25)20(3)4/h11-14,17,22,26H,2-3,10,15-16,18-19H2,1,4-9H3/b23-12+. The Morgan fingerprint density at radius 2 is 2.00 bits per heavy atom. The molecule has 4 nitrogen and oxygen atoms in total. The van der Waals surface area contributed by atoms with Gasteiger partial charge in [-0.05, 0) is 58.5 Å². The molecular formula is C26H42N4S. The summed E-state index contributed by atoms with van der Waals surface area (Å²) in [5.74, 6) is 0.979. The van der Waals surface area contributed by atoms with Crippen LogP contribution in [0.25, 0.3) is 5.57 Å². The van der Waals surface area contributed by atoms with Gasteiger partial charge in [-0.1, -0.05) is 55.5 Å². The van der Waals surface area contributed by atoms with Crippen LogP contribution < -0.4 is 0 Å². The summed E-state index contributed by atoms with van der Waals surface area (Å²) in [5, 5.41) is 5.39. The van der Waals surface area contributed by atoms with Crippen LogP contribution in [-0.4, -0.2) is 71.8 Å². The van der Waals surface area contributed by atoms with Crippen molar-refractivity contribution in [2.24, 2.45) is 0 Å². The molecule has 0 aliphatic carbocycles. The topological polar surface area (TPSA) is 13.0 Å². The molecule has 1 aromatic carbocycles. The molecular weight excluding hydrogens is 400 g/mol. The largest absolute Gasteiger partial charge is 0.362 e. The number of hydrogen-bond donors (Lipinski definition) is 0. The molecule has 1 aliphatic heterocycles. The lowest BCUT2D eigenvalue weighted by Crippen LogP contribution is -2.53. The molecule has 1 fully saturated rings. The lowest BCUT2D eigenvalue weighted by atomic mass is 9.92. The van der Waals surface area contributed by atoms with Gasteiger partial charge in [0.2, 0.25) is 0 Å². The summed E-state index contributed by atoms with van der Waals surface area (Å²) in [6.45, 7) is 20.1. The third-order valence-corrected chi connectivity index (χ3v) is 7.48. The maximum atomic E-state index is 4.27. The number of hydrogen-bond acceptors (Lipinski definition) is 5. The first-order valence-corrected chi connectivity index (χ1v) is 12.3. The van der Waals surface area contributed by atoms with Gasteiger partial charge in [0.05, 0.1) is 17.3 Å². The van der Waals surface area contributed by atoms with E-state index >= 15 is 0 Å². The average molecular weight is 443 g/mol. The zero-order valence-electron chi connectivity index (χ0n) is 20.7. The van der Waals surface area contributed by atoms with Gasteiger partial charge in [0.1, 0.15) is 0 Å². The van der Waals surface area contributed by atoms with Crippen molar-refractivity contribution in [3.63, 3.8) is 0 Å². The van der Waals surface area contributed by atoms with Gasteiger partial charge < -0.3 is 4.90 Å². The van der Waals surface area contributed by atoms with E-state index in [0.29, 0.717) is 5.37 Å². The highest BCUT2D eigenvalue weighted by molar-refractivity contribution is 7.99. The molecule has 1 saturated heterocycles. The first kappa shape index (κ1) is 25.7. The van der Waals surface area contributed by atoms with Crippen LogP contribution in [-0.2, 0) is 0 Å². The Morgan fingerprint density at radius 1 is 1.29 bits per heavy atom. The third kappa shape index (κ3) is 6.72. The highest BCUT2D eigenvalue weighted by Gasteiger charge is 2.32. The average Bonchev–Trinajstić information content (AvgIpc) is 2.74. The summed E-state index contributed by atoms with van der Waals surface area (Å²) >= 11 is 1.97. The number of benzene rings is 1. The number of nitrogens with zero attached hydrogens (tertiary/aromatic N) is 4. The normalized spacial score (nSPS) is 19.2. The van der Waals surface area contributed by atoms with E-state index in [1.54, 1.807) is 0 Å². The first-order chi connectivity index (χ1) is 14.7. The molecule has 2 rings (SSSR count). The molecule has 2 unspecified atom stereocenters. The second kappa shape index (κ2) is 11.9. The van der Waals surface area contributed by atoms with Crippen LogP contribution in [0.1, 0.15) is 49.9 Å². The number of rotatable bonds is 10. The molecule has 31 heavy (non-hydrogen) atoms. The van der Waals surface area contributed by atoms with E-state index in [9.17, 15) is 0 Å². The van der Waals surface area contributed by atoms with Crippen LogP contribution in [0.15, 0.2) is 49.2 Å². The van der Waals surface area contributed by atoms with Crippen LogP contribution in [0.5, 0.6) is 0 Å². The van der Waals surface area contributed by atoms with Crippen molar-refractivity contribution in [3.05, 3.63) is 65.9 Å². The highest BCUT2D eigenvalue weighted by atomic mass is 32.2. The molecule has 0 aromatic heterocycles. The number of aryl methyl sites for hydroxylation is 1. The van der Waals surface area contributed by atoms with E-state index in [2.05, 4.69) is 106 Å². The Hall–Kier alpha value is -1.53. The van der Waals surface area contributed by atoms with Gasteiger partial charge in [0.15, 0.2) is 0 Å². The Kier molecular flexibility index (Phi) is 9.89. The van der Waals surface area contributed by atoms with Gasteiger partial charge in [0.25, 0.3) is 0 Å². The quantitative estimate of drug-likeness (QED) is 0.344. The first-order valence-electron chi connectivity index (χ1n) is 11.3. The van der Waals surface area contributed by atoms with Crippen LogP contribution in [0.4, 0.5) is 0 Å². The fourth-order valence-electron chi connectivity index (χ4n) is 3.97. The van der Waals surface area contributed by atoms with Crippen molar-refractivity contribution in [2.45, 2.75) is 45.5 Å². The zero-order valence-corrected chi connectivity index (χ0v) is 21.5. The molecule has 5 heteroatoms. The molecule has 1 aromatic rings. The van der Waals surface area contributed by atoms with Gasteiger partial charge in [-0.2, -0.15) is 0 Å². The van der Waals surface area contributed by atoms with Gasteiger partial charge >= 0.3 is 0 Å². The molecule has 0 N–H and O–H groups in total. The van der Waals surface area contributed by atoms with E-state index < -0.39 is 0 Å². The summed E-state index contributed by atoms with van der Waals surface area (Å²) in [4.78, 5) is 4.80. The van der Waals surface area contributed by atoms with E-state index in [-0.39, 0.29) is 6.04 Å². The number of piperazine rings is 1. The predicted octanol–water partition coefficient (Wildman–Crippen LogP) is 5.61. The van der Waals surface area contributed by atoms with Crippen molar-refractivity contribution in [2.75, 3.05) is 46.7 Å². The van der Waals surface area contributed by atoms with Crippen LogP contribution in [0.3, 0.4) is 0 Å². The van der Waals surface area contributed by atoms with E-state index in [0.717, 1.165) is 37.5 Å². The minimum atomic E-state index is 0.259. The number of thioether (sulfide) groups is 1. The second-order valence-electron chi connectivity index (χ2n) is 8.75. The van der Waals surface area contributed by atoms with Crippen molar-refractivity contribution in [3.8, 4) is 0 Å². The maximum Gasteiger partial charge on any atom is 0.0690 e. The summed E-state index contributed by atoms with van der Waals surface area (Å²) in [6.07, 6.45) is 5.32. The van der Waals surface area contributed by atoms with Crippen LogP contribution in [0.2, 0.25) is 0 Å². The van der Waals surface area contributed by atoms with Crippen LogP contribution >= 0.6 is 11.8 Å². The molecule has 0 saturated carbocycles. The summed E-state index contributed by atoms with van der Waals surface area (Å²) in [7, 11) is 6.49. The van der Waals surface area contributed by atoms with Crippen molar-refractivity contribution >= 4 is 17.3 Å². The Labute approximate surface area is 195 Å². The molecule has 0 spiro atoms. The Bertz CT molecular complexity index is 786. The number of hydrazine groups is 1. The van der Waals surface area contributed by atoms with Crippen LogP contribution in [0, 0.1) is 6.92 Å². The zero-order chi connectivity index (χ0) is 23.1. The Morgan fingerprint density at radius 3 is 2.58 bits per heavy atom. The maximum absolute atomic E-state index is 4.27. The summed E-state index contributed by atoms with van der Waals surface area (Å²) < 4.78 is 0. The highest BCUT2D eigenvalue weighted by Crippen LogP contribution is 2.35. The molecule has 172 valence electrons. The van der Waals surface area contributed by atoms with Crippen molar-refractivity contribution < 1.29 is 0 Å². The van der Waals surface area contributed by atoms with Crippen molar-refractivity contribution in [1.82, 2.24) is 19.8 Å². The van der Waals surface area contributed by atoms with Gasteiger partial charge in [-0.25, -0.2) is 10.0 Å². The SMILES string of the molecule is C=C/C(=C\CC)N1CCN(N(C)CSC(C)N(C)C)CC1c1cc(C)ccc1C(=C)C. The fraction of sp³-hybridized carbons (Fsp3) is 0.538. The smallest absolute Gasteiger partial charge is 0.0690 e. The second-order valence-corrected chi connectivity index (χ2v) is 10.0. The summed E-state index contributed by atoms with van der Waals surface area (Å²) in [6, 6.07) is 7.04. The van der Waals surface area contributed by atoms with Gasteiger partial charge in [-0.3, -0.25) is 4.90 Å². The third-order valence-electron chi connectivity index (χ3n) is 6.05. The summed E-state index contributed by atoms with van der Waals surface area (Å²) in [5.41, 5.74) is 6.28. The molecule has 1 aliphatic rings. The van der Waals surface area contributed by atoms with Gasteiger partial charge in [-0.15, -0.1) is 11.8 Å². The minimum Gasteiger partial charge on any atom is -0.362 e. The van der Waals surface area contributed by atoms with E-state index in [1.807, 2.05) is 17.8 Å². The van der Waals surface area contributed by atoms with E-state index in [4.69, 9.17) is 0 Å². The molecule has 1 heterocycles.